The first-order chi connectivity index (χ1) is 15.3. The van der Waals surface area contributed by atoms with Gasteiger partial charge >= 0.3 is 6.03 Å². The van der Waals surface area contributed by atoms with Crippen molar-refractivity contribution in [1.29, 1.82) is 0 Å². The zero-order chi connectivity index (χ0) is 23.1. The number of ketones is 1. The van der Waals surface area contributed by atoms with Gasteiger partial charge in [0, 0.05) is 30.9 Å². The van der Waals surface area contributed by atoms with E-state index in [9.17, 15) is 18.8 Å². The minimum absolute atomic E-state index is 0.00378. The fourth-order valence-corrected chi connectivity index (χ4v) is 3.90. The van der Waals surface area contributed by atoms with Crippen LogP contribution in [0.4, 0.5) is 14.9 Å². The second kappa shape index (κ2) is 10.9. The van der Waals surface area contributed by atoms with Crippen molar-refractivity contribution < 1.29 is 18.8 Å². The molecule has 1 aliphatic rings. The molecule has 1 aliphatic heterocycles. The van der Waals surface area contributed by atoms with Gasteiger partial charge in [-0.3, -0.25) is 9.59 Å². The Morgan fingerprint density at radius 1 is 1.19 bits per heavy atom. The molecule has 1 heterocycles. The third kappa shape index (κ3) is 6.62. The highest BCUT2D eigenvalue weighted by Crippen LogP contribution is 2.21. The average molecular weight is 441 g/mol. The Hall–Kier alpha value is -3.26. The number of piperidine rings is 1. The monoisotopic (exact) mass is 440 g/mol. The fourth-order valence-electron chi connectivity index (χ4n) is 3.90. The van der Waals surface area contributed by atoms with Crippen LogP contribution in [0.15, 0.2) is 48.5 Å². The molecule has 0 aliphatic carbocycles. The van der Waals surface area contributed by atoms with Crippen molar-refractivity contribution in [3.8, 4) is 0 Å². The Bertz CT molecular complexity index is 964. The van der Waals surface area contributed by atoms with Gasteiger partial charge in [-0.15, -0.1) is 0 Å². The van der Waals surface area contributed by atoms with Gasteiger partial charge in [-0.2, -0.15) is 0 Å². The lowest BCUT2D eigenvalue weighted by Gasteiger charge is -2.34. The predicted octanol–water partition coefficient (Wildman–Crippen LogP) is 2.96. The molecule has 0 aromatic heterocycles. The molecule has 0 spiro atoms. The molecule has 3 amide bonds. The Morgan fingerprint density at radius 2 is 1.94 bits per heavy atom. The van der Waals surface area contributed by atoms with Crippen LogP contribution >= 0.6 is 0 Å². The Kier molecular flexibility index (Phi) is 7.94. The summed E-state index contributed by atoms with van der Waals surface area (Å²) in [4.78, 5) is 38.1. The van der Waals surface area contributed by atoms with Crippen LogP contribution < -0.4 is 16.4 Å². The third-order valence-electron chi connectivity index (χ3n) is 5.59. The van der Waals surface area contributed by atoms with Gasteiger partial charge in [0.15, 0.2) is 5.78 Å². The van der Waals surface area contributed by atoms with Gasteiger partial charge in [-0.25, -0.2) is 9.18 Å². The van der Waals surface area contributed by atoms with E-state index < -0.39 is 12.1 Å². The van der Waals surface area contributed by atoms with E-state index in [-0.39, 0.29) is 30.0 Å². The summed E-state index contributed by atoms with van der Waals surface area (Å²) in [7, 11) is 0. The summed E-state index contributed by atoms with van der Waals surface area (Å²) >= 11 is 0. The summed E-state index contributed by atoms with van der Waals surface area (Å²) in [6.45, 7) is 2.68. The van der Waals surface area contributed by atoms with E-state index in [0.717, 1.165) is 24.8 Å². The molecule has 4 N–H and O–H groups in total. The number of anilines is 1. The molecule has 1 fully saturated rings. The molecule has 3 rings (SSSR count). The quantitative estimate of drug-likeness (QED) is 0.576. The Morgan fingerprint density at radius 3 is 2.66 bits per heavy atom. The van der Waals surface area contributed by atoms with Crippen LogP contribution in [0.5, 0.6) is 0 Å². The fraction of sp³-hybridized carbons (Fsp3) is 0.375. The molecule has 0 unspecified atom stereocenters. The molecule has 2 aromatic carbocycles. The highest BCUT2D eigenvalue weighted by atomic mass is 19.1. The van der Waals surface area contributed by atoms with E-state index in [4.69, 9.17) is 5.73 Å². The lowest BCUT2D eigenvalue weighted by Crippen LogP contribution is -2.52. The normalized spacial score (nSPS) is 16.8. The van der Waals surface area contributed by atoms with Crippen molar-refractivity contribution in [2.75, 3.05) is 25.0 Å². The zero-order valence-electron chi connectivity index (χ0n) is 18.1. The first-order valence-corrected chi connectivity index (χ1v) is 10.8. The first-order valence-electron chi connectivity index (χ1n) is 10.8. The van der Waals surface area contributed by atoms with Gasteiger partial charge in [-0.05, 0) is 61.9 Å². The van der Waals surface area contributed by atoms with Gasteiger partial charge in [0.05, 0.1) is 0 Å². The highest BCUT2D eigenvalue weighted by molar-refractivity contribution is 5.96. The maximum atomic E-state index is 13.1. The van der Waals surface area contributed by atoms with Gasteiger partial charge in [-0.1, -0.05) is 24.3 Å². The van der Waals surface area contributed by atoms with Crippen molar-refractivity contribution in [3.63, 3.8) is 0 Å². The molecular weight excluding hydrogens is 411 g/mol. The molecule has 170 valence electrons. The number of hydrogen-bond donors (Lipinski definition) is 3. The number of likely N-dealkylation sites (tertiary alicyclic amines) is 1. The maximum absolute atomic E-state index is 13.1. The minimum Gasteiger partial charge on any atom is -0.341 e. The van der Waals surface area contributed by atoms with Crippen LogP contribution in [0.3, 0.4) is 0 Å². The second-order valence-electron chi connectivity index (χ2n) is 8.20. The van der Waals surface area contributed by atoms with Crippen LogP contribution in [0.1, 0.15) is 35.7 Å². The smallest absolute Gasteiger partial charge is 0.319 e. The van der Waals surface area contributed by atoms with Gasteiger partial charge in [0.25, 0.3) is 0 Å². The number of carbonyl (C=O) groups is 3. The van der Waals surface area contributed by atoms with Gasteiger partial charge < -0.3 is 21.3 Å². The molecule has 0 radical (unpaired) electrons. The van der Waals surface area contributed by atoms with E-state index in [1.165, 1.54) is 19.1 Å². The van der Waals surface area contributed by atoms with Crippen LogP contribution in [0, 0.1) is 11.7 Å². The van der Waals surface area contributed by atoms with Crippen LogP contribution in [0.25, 0.3) is 0 Å². The number of carbonyl (C=O) groups excluding carboxylic acids is 3. The Balaban J connectivity index is 1.47. The Labute approximate surface area is 187 Å². The van der Waals surface area contributed by atoms with Crippen LogP contribution in [-0.2, 0) is 11.2 Å². The molecule has 2 aromatic rings. The second-order valence-corrected chi connectivity index (χ2v) is 8.20. The van der Waals surface area contributed by atoms with Crippen molar-refractivity contribution in [2.24, 2.45) is 11.7 Å². The summed E-state index contributed by atoms with van der Waals surface area (Å²) in [5, 5.41) is 5.25. The topological polar surface area (TPSA) is 105 Å². The lowest BCUT2D eigenvalue weighted by molar-refractivity contribution is -0.134. The largest absolute Gasteiger partial charge is 0.341 e. The highest BCUT2D eigenvalue weighted by Gasteiger charge is 2.27. The molecule has 32 heavy (non-hydrogen) atoms. The number of urea groups is 1. The molecule has 2 atom stereocenters. The van der Waals surface area contributed by atoms with E-state index in [0.29, 0.717) is 24.3 Å². The van der Waals surface area contributed by atoms with Crippen molar-refractivity contribution >= 4 is 23.4 Å². The van der Waals surface area contributed by atoms with Crippen LogP contribution in [0.2, 0.25) is 0 Å². The summed E-state index contributed by atoms with van der Waals surface area (Å²) in [5.74, 6) is -0.271. The first kappa shape index (κ1) is 23.4. The zero-order valence-corrected chi connectivity index (χ0v) is 18.1. The standard InChI is InChI=1S/C24H29FN4O3/c1-16(30)19-5-2-6-21(13-19)28-24(32)27-14-22(26)23(31)29-11-3-4-18(15-29)12-17-7-9-20(25)10-8-17/h2,5-10,13,18,22H,3-4,11-12,14-15,26H2,1H3,(H2,27,28,32)/t18-,22+/m0/s1. The average Bonchev–Trinajstić information content (AvgIpc) is 2.79. The van der Waals surface area contributed by atoms with E-state index in [1.54, 1.807) is 41.3 Å². The maximum Gasteiger partial charge on any atom is 0.319 e. The molecule has 0 bridgehead atoms. The summed E-state index contributed by atoms with van der Waals surface area (Å²) in [5.41, 5.74) is 8.07. The van der Waals surface area contributed by atoms with Gasteiger partial charge in [0.1, 0.15) is 11.9 Å². The summed E-state index contributed by atoms with van der Waals surface area (Å²) < 4.78 is 13.1. The van der Waals surface area contributed by atoms with Crippen molar-refractivity contribution in [1.82, 2.24) is 10.2 Å². The molecule has 7 nitrogen and oxygen atoms in total. The third-order valence-corrected chi connectivity index (χ3v) is 5.59. The van der Waals surface area contributed by atoms with Crippen LogP contribution in [-0.4, -0.2) is 48.3 Å². The number of hydrogen-bond acceptors (Lipinski definition) is 4. The summed E-state index contributed by atoms with van der Waals surface area (Å²) in [6.07, 6.45) is 2.65. The minimum atomic E-state index is -0.853. The number of benzene rings is 2. The number of amides is 3. The van der Waals surface area contributed by atoms with Gasteiger partial charge in [0.2, 0.25) is 5.91 Å². The van der Waals surface area contributed by atoms with E-state index in [2.05, 4.69) is 10.6 Å². The van der Waals surface area contributed by atoms with Crippen molar-refractivity contribution in [3.05, 3.63) is 65.5 Å². The number of nitrogens with two attached hydrogens (primary N) is 1. The molecule has 0 saturated carbocycles. The van der Waals surface area contributed by atoms with Crippen molar-refractivity contribution in [2.45, 2.75) is 32.2 Å². The molecule has 8 heteroatoms. The molecular formula is C24H29FN4O3. The van der Waals surface area contributed by atoms with E-state index in [1.807, 2.05) is 0 Å². The number of Topliss-reactive ketones (excluding diaryl/α,β-unsaturated/α-hetero) is 1. The van der Waals surface area contributed by atoms with E-state index >= 15 is 0 Å². The SMILES string of the molecule is CC(=O)c1cccc(NC(=O)NC[C@@H](N)C(=O)N2CCC[C@@H](Cc3ccc(F)cc3)C2)c1. The number of nitrogens with one attached hydrogen (secondary N) is 2. The predicted molar refractivity (Wildman–Crippen MR) is 121 cm³/mol. The number of rotatable bonds is 7. The summed E-state index contributed by atoms with van der Waals surface area (Å²) in [6, 6.07) is 11.7. The lowest BCUT2D eigenvalue weighted by atomic mass is 9.91. The number of halogens is 1. The number of nitrogens with zero attached hydrogens (tertiary/aromatic N) is 1. The molecule has 1 saturated heterocycles.